The standard InChI is InChI=1S/C15H22N2O2.2ClH/c1-2-3-6-13(17-10-8-16-9-11-17)12-5-4-7-14(18)15(12)19;;/h2,4-5,7,13,16,18-19H,1,3,6,8-11H2;2*1H/t13-;;/m1../s1. The fraction of sp³-hybridized carbons (Fsp3) is 0.467. The first kappa shape index (κ1) is 20.1. The molecule has 1 saturated heterocycles. The Balaban J connectivity index is 0.00000200. The molecule has 21 heavy (non-hydrogen) atoms. The number of benzene rings is 1. The summed E-state index contributed by atoms with van der Waals surface area (Å²) in [5, 5.41) is 23.1. The number of piperazine rings is 1. The Morgan fingerprint density at radius 1 is 1.24 bits per heavy atom. The maximum atomic E-state index is 10.1. The molecule has 4 nitrogen and oxygen atoms in total. The van der Waals surface area contributed by atoms with E-state index in [1.165, 1.54) is 6.07 Å². The largest absolute Gasteiger partial charge is 0.504 e. The molecule has 3 N–H and O–H groups in total. The molecule has 0 aromatic heterocycles. The van der Waals surface area contributed by atoms with Gasteiger partial charge in [-0.3, -0.25) is 4.90 Å². The Kier molecular flexibility index (Phi) is 9.46. The summed E-state index contributed by atoms with van der Waals surface area (Å²) in [5.74, 6) is -0.0358. The van der Waals surface area contributed by atoms with Crippen molar-refractivity contribution < 1.29 is 10.2 Å². The molecule has 1 aromatic carbocycles. The van der Waals surface area contributed by atoms with E-state index in [9.17, 15) is 10.2 Å². The average molecular weight is 335 g/mol. The highest BCUT2D eigenvalue weighted by Gasteiger charge is 2.24. The van der Waals surface area contributed by atoms with Crippen molar-refractivity contribution in [2.24, 2.45) is 0 Å². The summed E-state index contributed by atoms with van der Waals surface area (Å²) in [4.78, 5) is 2.36. The number of hydrogen-bond acceptors (Lipinski definition) is 4. The van der Waals surface area contributed by atoms with Gasteiger partial charge >= 0.3 is 0 Å². The summed E-state index contributed by atoms with van der Waals surface area (Å²) >= 11 is 0. The lowest BCUT2D eigenvalue weighted by molar-refractivity contribution is 0.163. The van der Waals surface area contributed by atoms with Gasteiger partial charge < -0.3 is 15.5 Å². The maximum Gasteiger partial charge on any atom is 0.162 e. The predicted molar refractivity (Wildman–Crippen MR) is 90.9 cm³/mol. The van der Waals surface area contributed by atoms with Crippen molar-refractivity contribution in [3.63, 3.8) is 0 Å². The zero-order chi connectivity index (χ0) is 13.7. The molecule has 1 aliphatic heterocycles. The number of para-hydroxylation sites is 1. The molecule has 1 atom stereocenters. The Labute approximate surface area is 138 Å². The second kappa shape index (κ2) is 9.90. The van der Waals surface area contributed by atoms with Gasteiger partial charge in [-0.05, 0) is 18.9 Å². The number of allylic oxidation sites excluding steroid dienone is 1. The summed E-state index contributed by atoms with van der Waals surface area (Å²) in [6, 6.07) is 5.33. The molecule has 0 saturated carbocycles. The summed E-state index contributed by atoms with van der Waals surface area (Å²) in [6.07, 6.45) is 3.69. The normalized spacial score (nSPS) is 16.4. The van der Waals surface area contributed by atoms with Gasteiger partial charge in [0.2, 0.25) is 0 Å². The van der Waals surface area contributed by atoms with E-state index >= 15 is 0 Å². The molecule has 2 rings (SSSR count). The van der Waals surface area contributed by atoms with Crippen LogP contribution in [-0.4, -0.2) is 41.3 Å². The van der Waals surface area contributed by atoms with Crippen LogP contribution in [0.5, 0.6) is 11.5 Å². The summed E-state index contributed by atoms with van der Waals surface area (Å²) in [7, 11) is 0. The molecular weight excluding hydrogens is 311 g/mol. The highest BCUT2D eigenvalue weighted by Crippen LogP contribution is 2.37. The monoisotopic (exact) mass is 334 g/mol. The third-order valence-electron chi connectivity index (χ3n) is 3.64. The zero-order valence-corrected chi connectivity index (χ0v) is 13.6. The molecule has 1 aromatic rings. The van der Waals surface area contributed by atoms with Gasteiger partial charge in [-0.15, -0.1) is 31.4 Å². The number of halogens is 2. The van der Waals surface area contributed by atoms with Crippen LogP contribution >= 0.6 is 24.8 Å². The lowest BCUT2D eigenvalue weighted by Gasteiger charge is -2.35. The molecule has 1 heterocycles. The molecule has 120 valence electrons. The number of rotatable bonds is 5. The number of hydrogen-bond donors (Lipinski definition) is 3. The van der Waals surface area contributed by atoms with Gasteiger partial charge in [-0.25, -0.2) is 0 Å². The molecule has 0 radical (unpaired) electrons. The Morgan fingerprint density at radius 3 is 2.52 bits per heavy atom. The van der Waals surface area contributed by atoms with Gasteiger partial charge in [0.15, 0.2) is 11.5 Å². The molecular formula is C15H24Cl2N2O2. The third-order valence-corrected chi connectivity index (χ3v) is 3.64. The van der Waals surface area contributed by atoms with Crippen molar-refractivity contribution >= 4 is 24.8 Å². The smallest absolute Gasteiger partial charge is 0.162 e. The van der Waals surface area contributed by atoms with Crippen LogP contribution in [0.3, 0.4) is 0 Å². The summed E-state index contributed by atoms with van der Waals surface area (Å²) in [5.41, 5.74) is 0.809. The van der Waals surface area contributed by atoms with E-state index in [0.29, 0.717) is 0 Å². The average Bonchev–Trinajstić information content (AvgIpc) is 2.45. The Bertz CT molecular complexity index is 438. The van der Waals surface area contributed by atoms with E-state index in [4.69, 9.17) is 0 Å². The van der Waals surface area contributed by atoms with Crippen LogP contribution in [0.4, 0.5) is 0 Å². The minimum atomic E-state index is -0.0452. The van der Waals surface area contributed by atoms with Crippen LogP contribution in [0.25, 0.3) is 0 Å². The highest BCUT2D eigenvalue weighted by atomic mass is 35.5. The third kappa shape index (κ3) is 5.08. The number of aromatic hydroxyl groups is 2. The second-order valence-corrected chi connectivity index (χ2v) is 4.88. The molecule has 0 amide bonds. The maximum absolute atomic E-state index is 10.1. The lowest BCUT2D eigenvalue weighted by Crippen LogP contribution is -2.45. The van der Waals surface area contributed by atoms with Crippen molar-refractivity contribution in [2.75, 3.05) is 26.2 Å². The van der Waals surface area contributed by atoms with Gasteiger partial charge in [-0.2, -0.15) is 0 Å². The summed E-state index contributed by atoms with van der Waals surface area (Å²) < 4.78 is 0. The number of phenolic OH excluding ortho intramolecular Hbond substituents is 2. The first-order valence-electron chi connectivity index (χ1n) is 6.80. The first-order chi connectivity index (χ1) is 9.24. The molecule has 0 unspecified atom stereocenters. The highest BCUT2D eigenvalue weighted by molar-refractivity contribution is 5.85. The van der Waals surface area contributed by atoms with E-state index in [1.807, 2.05) is 12.1 Å². The number of nitrogens with zero attached hydrogens (tertiary/aromatic N) is 1. The van der Waals surface area contributed by atoms with Crippen LogP contribution < -0.4 is 5.32 Å². The van der Waals surface area contributed by atoms with Gasteiger partial charge in [0.1, 0.15) is 0 Å². The molecule has 0 spiro atoms. The molecule has 1 fully saturated rings. The fourth-order valence-corrected chi connectivity index (χ4v) is 2.62. The van der Waals surface area contributed by atoms with E-state index in [-0.39, 0.29) is 42.4 Å². The molecule has 0 bridgehead atoms. The topological polar surface area (TPSA) is 55.7 Å². The van der Waals surface area contributed by atoms with E-state index in [0.717, 1.165) is 44.6 Å². The van der Waals surface area contributed by atoms with Crippen LogP contribution in [-0.2, 0) is 0 Å². The molecule has 0 aliphatic carbocycles. The van der Waals surface area contributed by atoms with Crippen LogP contribution in [0.1, 0.15) is 24.4 Å². The van der Waals surface area contributed by atoms with Gasteiger partial charge in [0.05, 0.1) is 0 Å². The van der Waals surface area contributed by atoms with Gasteiger partial charge in [-0.1, -0.05) is 18.2 Å². The van der Waals surface area contributed by atoms with Crippen molar-refractivity contribution in [2.45, 2.75) is 18.9 Å². The molecule has 6 heteroatoms. The van der Waals surface area contributed by atoms with Crippen LogP contribution in [0.2, 0.25) is 0 Å². The summed E-state index contributed by atoms with van der Waals surface area (Å²) in [6.45, 7) is 7.60. The van der Waals surface area contributed by atoms with Crippen molar-refractivity contribution in [3.8, 4) is 11.5 Å². The quantitative estimate of drug-likeness (QED) is 0.572. The minimum Gasteiger partial charge on any atom is -0.504 e. The fourth-order valence-electron chi connectivity index (χ4n) is 2.62. The predicted octanol–water partition coefficient (Wildman–Crippen LogP) is 2.85. The number of phenols is 2. The minimum absolute atomic E-state index is 0. The van der Waals surface area contributed by atoms with Gasteiger partial charge in [0, 0.05) is 37.8 Å². The first-order valence-corrected chi connectivity index (χ1v) is 6.80. The Hall–Kier alpha value is -0.940. The SMILES string of the molecule is C=CCC[C@H](c1cccc(O)c1O)N1CCNCC1.Cl.Cl. The van der Waals surface area contributed by atoms with Crippen molar-refractivity contribution in [3.05, 3.63) is 36.4 Å². The van der Waals surface area contributed by atoms with Crippen molar-refractivity contribution in [1.82, 2.24) is 10.2 Å². The van der Waals surface area contributed by atoms with E-state index in [2.05, 4.69) is 16.8 Å². The van der Waals surface area contributed by atoms with Gasteiger partial charge in [0.25, 0.3) is 0 Å². The van der Waals surface area contributed by atoms with Crippen molar-refractivity contribution in [1.29, 1.82) is 0 Å². The van der Waals surface area contributed by atoms with Crippen LogP contribution in [0.15, 0.2) is 30.9 Å². The lowest BCUT2D eigenvalue weighted by atomic mass is 9.98. The Morgan fingerprint density at radius 2 is 1.90 bits per heavy atom. The van der Waals surface area contributed by atoms with Crippen LogP contribution in [0, 0.1) is 0 Å². The number of nitrogens with one attached hydrogen (secondary N) is 1. The van der Waals surface area contributed by atoms with E-state index in [1.54, 1.807) is 6.07 Å². The molecule has 1 aliphatic rings. The second-order valence-electron chi connectivity index (χ2n) is 4.88. The van der Waals surface area contributed by atoms with E-state index < -0.39 is 0 Å². The zero-order valence-electron chi connectivity index (χ0n) is 12.0.